The van der Waals surface area contributed by atoms with E-state index in [0.717, 1.165) is 12.3 Å². The minimum atomic E-state index is 0.350. The molecule has 0 saturated heterocycles. The SMILES string of the molecule is CC/C=C\N=CC(C)NC1CCCC(CCC)[C@]1(C)CC. The highest BCUT2D eigenvalue weighted by Crippen LogP contribution is 2.45. The Kier molecular flexibility index (Phi) is 8.24. The molecule has 21 heavy (non-hydrogen) atoms. The molecule has 0 heterocycles. The van der Waals surface area contributed by atoms with Gasteiger partial charge in [0.25, 0.3) is 0 Å². The Balaban J connectivity index is 2.66. The highest BCUT2D eigenvalue weighted by Gasteiger charge is 2.42. The summed E-state index contributed by atoms with van der Waals surface area (Å²) in [7, 11) is 0. The second-order valence-corrected chi connectivity index (χ2v) is 6.87. The van der Waals surface area contributed by atoms with Crippen LogP contribution >= 0.6 is 0 Å². The number of nitrogens with zero attached hydrogens (tertiary/aromatic N) is 1. The van der Waals surface area contributed by atoms with Crippen molar-refractivity contribution in [2.75, 3.05) is 0 Å². The van der Waals surface area contributed by atoms with Crippen molar-refractivity contribution in [3.63, 3.8) is 0 Å². The largest absolute Gasteiger partial charge is 0.306 e. The Morgan fingerprint density at radius 2 is 2.05 bits per heavy atom. The van der Waals surface area contributed by atoms with Crippen molar-refractivity contribution in [2.24, 2.45) is 16.3 Å². The molecule has 0 aromatic rings. The molecule has 0 aliphatic heterocycles. The standard InChI is InChI=1S/C19H36N2/c1-6-9-14-20-15-16(4)21-18-13-10-12-17(11-7-2)19(18,5)8-3/h9,14-18,21H,6-8,10-13H2,1-5H3/b14-9-,20-15?/t16?,17?,18?,19-/m0/s1. The molecular weight excluding hydrogens is 256 g/mol. The summed E-state index contributed by atoms with van der Waals surface area (Å²) in [5.74, 6) is 0.878. The molecule has 1 fully saturated rings. The molecule has 0 amide bonds. The highest BCUT2D eigenvalue weighted by atomic mass is 15.0. The summed E-state index contributed by atoms with van der Waals surface area (Å²) in [4.78, 5) is 4.39. The van der Waals surface area contributed by atoms with Gasteiger partial charge >= 0.3 is 0 Å². The molecule has 0 radical (unpaired) electrons. The molecule has 2 nitrogen and oxygen atoms in total. The van der Waals surface area contributed by atoms with Crippen LogP contribution in [0.4, 0.5) is 0 Å². The van der Waals surface area contributed by atoms with Crippen LogP contribution in [0.1, 0.15) is 79.6 Å². The first-order valence-electron chi connectivity index (χ1n) is 9.02. The summed E-state index contributed by atoms with van der Waals surface area (Å²) < 4.78 is 0. The lowest BCUT2D eigenvalue weighted by atomic mass is 9.61. The molecule has 3 unspecified atom stereocenters. The van der Waals surface area contributed by atoms with Crippen LogP contribution in [-0.2, 0) is 0 Å². The van der Waals surface area contributed by atoms with Crippen molar-refractivity contribution in [1.29, 1.82) is 0 Å². The zero-order chi connectivity index (χ0) is 15.7. The number of allylic oxidation sites excluding steroid dienone is 1. The Bertz CT molecular complexity index is 332. The number of hydrogen-bond donors (Lipinski definition) is 1. The van der Waals surface area contributed by atoms with Gasteiger partial charge in [-0.15, -0.1) is 0 Å². The van der Waals surface area contributed by atoms with Crippen molar-refractivity contribution in [3.05, 3.63) is 12.3 Å². The van der Waals surface area contributed by atoms with Crippen molar-refractivity contribution in [2.45, 2.75) is 91.6 Å². The van der Waals surface area contributed by atoms with Crippen LogP contribution in [0.25, 0.3) is 0 Å². The van der Waals surface area contributed by atoms with E-state index >= 15 is 0 Å². The molecule has 1 aliphatic carbocycles. The van der Waals surface area contributed by atoms with Crippen LogP contribution in [0.3, 0.4) is 0 Å². The van der Waals surface area contributed by atoms with E-state index in [9.17, 15) is 0 Å². The molecule has 2 heteroatoms. The monoisotopic (exact) mass is 292 g/mol. The number of rotatable bonds is 8. The van der Waals surface area contributed by atoms with Crippen LogP contribution in [-0.4, -0.2) is 18.3 Å². The fourth-order valence-electron chi connectivity index (χ4n) is 3.85. The van der Waals surface area contributed by atoms with Crippen LogP contribution < -0.4 is 5.32 Å². The van der Waals surface area contributed by atoms with Gasteiger partial charge in [-0.25, -0.2) is 0 Å². The van der Waals surface area contributed by atoms with Gasteiger partial charge in [0.15, 0.2) is 0 Å². The van der Waals surface area contributed by atoms with Crippen molar-refractivity contribution >= 4 is 6.21 Å². The lowest BCUT2D eigenvalue weighted by Gasteiger charge is -2.48. The maximum atomic E-state index is 4.39. The zero-order valence-electron chi connectivity index (χ0n) is 14.9. The number of hydrogen-bond acceptors (Lipinski definition) is 2. The molecular formula is C19H36N2. The van der Waals surface area contributed by atoms with Gasteiger partial charge in [0, 0.05) is 24.5 Å². The molecule has 1 aliphatic rings. The average Bonchev–Trinajstić information content (AvgIpc) is 2.48. The maximum Gasteiger partial charge on any atom is 0.0398 e. The minimum absolute atomic E-state index is 0.350. The molecule has 0 aromatic carbocycles. The van der Waals surface area contributed by atoms with E-state index in [1.165, 1.54) is 38.5 Å². The number of nitrogens with one attached hydrogen (secondary N) is 1. The summed E-state index contributed by atoms with van der Waals surface area (Å²) in [5, 5.41) is 3.84. The highest BCUT2D eigenvalue weighted by molar-refractivity contribution is 5.64. The lowest BCUT2D eigenvalue weighted by Crippen LogP contribution is -2.53. The van der Waals surface area contributed by atoms with Crippen molar-refractivity contribution in [3.8, 4) is 0 Å². The van der Waals surface area contributed by atoms with Gasteiger partial charge in [0.1, 0.15) is 0 Å². The first kappa shape index (κ1) is 18.4. The first-order valence-corrected chi connectivity index (χ1v) is 9.02. The second kappa shape index (κ2) is 9.40. The number of aliphatic imine (C=N–C) groups is 1. The molecule has 0 spiro atoms. The Morgan fingerprint density at radius 3 is 2.67 bits per heavy atom. The van der Waals surface area contributed by atoms with Crippen LogP contribution in [0.5, 0.6) is 0 Å². The molecule has 122 valence electrons. The predicted molar refractivity (Wildman–Crippen MR) is 95.0 cm³/mol. The van der Waals surface area contributed by atoms with Gasteiger partial charge in [-0.05, 0) is 43.9 Å². The van der Waals surface area contributed by atoms with E-state index in [-0.39, 0.29) is 0 Å². The van der Waals surface area contributed by atoms with E-state index in [1.807, 2.05) is 12.4 Å². The summed E-state index contributed by atoms with van der Waals surface area (Å²) in [6.07, 6.45) is 15.2. The predicted octanol–water partition coefficient (Wildman–Crippen LogP) is 5.34. The Hall–Kier alpha value is -0.630. The minimum Gasteiger partial charge on any atom is -0.306 e. The first-order chi connectivity index (χ1) is 10.1. The summed E-state index contributed by atoms with van der Waals surface area (Å²) in [5.41, 5.74) is 0.440. The molecule has 1 N–H and O–H groups in total. The van der Waals surface area contributed by atoms with E-state index in [0.29, 0.717) is 17.5 Å². The smallest absolute Gasteiger partial charge is 0.0398 e. The van der Waals surface area contributed by atoms with Gasteiger partial charge in [-0.2, -0.15) is 0 Å². The van der Waals surface area contributed by atoms with Gasteiger partial charge in [0.2, 0.25) is 0 Å². The quantitative estimate of drug-likeness (QED) is 0.600. The lowest BCUT2D eigenvalue weighted by molar-refractivity contribution is 0.0545. The second-order valence-electron chi connectivity index (χ2n) is 6.87. The molecule has 4 atom stereocenters. The van der Waals surface area contributed by atoms with Gasteiger partial charge < -0.3 is 5.32 Å². The molecule has 1 saturated carbocycles. The average molecular weight is 293 g/mol. The van der Waals surface area contributed by atoms with E-state index in [1.54, 1.807) is 0 Å². The Labute approximate surface area is 132 Å². The van der Waals surface area contributed by atoms with E-state index in [4.69, 9.17) is 0 Å². The van der Waals surface area contributed by atoms with Gasteiger partial charge in [-0.1, -0.05) is 53.0 Å². The van der Waals surface area contributed by atoms with Crippen LogP contribution in [0.15, 0.2) is 17.3 Å². The van der Waals surface area contributed by atoms with Crippen LogP contribution in [0.2, 0.25) is 0 Å². The van der Waals surface area contributed by atoms with E-state index < -0.39 is 0 Å². The fourth-order valence-corrected chi connectivity index (χ4v) is 3.85. The van der Waals surface area contributed by atoms with E-state index in [2.05, 4.69) is 51.0 Å². The van der Waals surface area contributed by atoms with Crippen molar-refractivity contribution in [1.82, 2.24) is 5.32 Å². The van der Waals surface area contributed by atoms with Gasteiger partial charge in [0.05, 0.1) is 0 Å². The third kappa shape index (κ3) is 5.25. The summed E-state index contributed by atoms with van der Waals surface area (Å²) in [6, 6.07) is 0.979. The molecule has 1 rings (SSSR count). The van der Waals surface area contributed by atoms with Crippen molar-refractivity contribution < 1.29 is 0 Å². The maximum absolute atomic E-state index is 4.39. The zero-order valence-corrected chi connectivity index (χ0v) is 14.9. The topological polar surface area (TPSA) is 24.4 Å². The fraction of sp³-hybridized carbons (Fsp3) is 0.842. The summed E-state index contributed by atoms with van der Waals surface area (Å²) >= 11 is 0. The molecule has 0 bridgehead atoms. The third-order valence-corrected chi connectivity index (χ3v) is 5.37. The van der Waals surface area contributed by atoms with Crippen LogP contribution in [0, 0.1) is 11.3 Å². The summed E-state index contributed by atoms with van der Waals surface area (Å²) in [6.45, 7) is 11.6. The third-order valence-electron chi connectivity index (χ3n) is 5.37. The normalized spacial score (nSPS) is 32.0. The van der Waals surface area contributed by atoms with Gasteiger partial charge in [-0.3, -0.25) is 4.99 Å². The Morgan fingerprint density at radius 1 is 1.29 bits per heavy atom. The molecule has 0 aromatic heterocycles.